The molecule has 9 heterocycles. The molecule has 12 rings (SSSR count). The molecule has 3 fully saturated rings. The van der Waals surface area contributed by atoms with Gasteiger partial charge < -0.3 is 14.2 Å². The maximum atomic E-state index is 13.4. The molecule has 3 saturated heterocycles. The van der Waals surface area contributed by atoms with Crippen LogP contribution in [0.15, 0.2) is 124 Å². The highest BCUT2D eigenvalue weighted by Crippen LogP contribution is 2.40. The lowest BCUT2D eigenvalue weighted by Gasteiger charge is -2.37. The average molecular weight is 1400 g/mol. The first-order valence-electron chi connectivity index (χ1n) is 32.9. The Hall–Kier alpha value is -8.82. The van der Waals surface area contributed by atoms with Crippen molar-refractivity contribution < 1.29 is 53.8 Å². The molecule has 27 heteroatoms. The minimum Gasteiger partial charge on any atom is -0.494 e. The summed E-state index contributed by atoms with van der Waals surface area (Å²) in [5.41, 5.74) is 3.60. The fourth-order valence-corrected chi connectivity index (χ4v) is 20.4. The van der Waals surface area contributed by atoms with Gasteiger partial charge in [0.05, 0.1) is 88.0 Å². The standard InChI is InChI=1S/2C24H29N3O5S.C23H27N3O5S/c2*1-5-32-19-8-6-7-18(12-19)27-22-20(26(16(2)3)23(27)29)11-17(14-25-22)21(28)13-24(4)9-10-33(30,31)15-24;1-5-31-18-8-6-7-17(10-18)26-21-19(25(15(2)3)22(26)28)9-16(12-24-21)20(27)11-23(4)13-32(29,30)14-23/h2*6-8,11-12,14,16H,5,9-10,13,15H2,1-4H3;6-10,12,15H,5,11,13-14H2,1-4H3/t2*24-;/m10./s1. The van der Waals surface area contributed by atoms with E-state index in [4.69, 9.17) is 14.2 Å². The lowest BCUT2D eigenvalue weighted by Crippen LogP contribution is -2.47. The number of fused-ring (bicyclic) bond motifs is 3. The number of rotatable bonds is 21. The first-order chi connectivity index (χ1) is 46.1. The average Bonchev–Trinajstić information content (AvgIpc) is 1.61. The summed E-state index contributed by atoms with van der Waals surface area (Å²) in [6.45, 7) is 24.1. The van der Waals surface area contributed by atoms with Gasteiger partial charge in [0.15, 0.2) is 63.8 Å². The van der Waals surface area contributed by atoms with Gasteiger partial charge in [0.1, 0.15) is 17.2 Å². The largest absolute Gasteiger partial charge is 0.494 e. The Morgan fingerprint density at radius 1 is 0.429 bits per heavy atom. The zero-order chi connectivity index (χ0) is 71.2. The number of hydrogen-bond donors (Lipinski definition) is 0. The van der Waals surface area contributed by atoms with Crippen molar-refractivity contribution in [2.75, 3.05) is 54.3 Å². The van der Waals surface area contributed by atoms with E-state index in [9.17, 15) is 54.0 Å². The van der Waals surface area contributed by atoms with Crippen molar-refractivity contribution in [2.45, 2.75) is 133 Å². The number of benzene rings is 3. The molecule has 2 atom stereocenters. The molecule has 0 unspecified atom stereocenters. The monoisotopic (exact) mass is 1400 g/mol. The number of nitrogens with zero attached hydrogens (tertiary/aromatic N) is 9. The summed E-state index contributed by atoms with van der Waals surface area (Å²) in [6.07, 6.45) is 5.75. The molecule has 98 heavy (non-hydrogen) atoms. The van der Waals surface area contributed by atoms with Crippen LogP contribution in [-0.4, -0.2) is 139 Å². The lowest BCUT2D eigenvalue weighted by molar-refractivity contribution is 0.0925. The smallest absolute Gasteiger partial charge is 0.335 e. The minimum atomic E-state index is -3.10. The highest BCUT2D eigenvalue weighted by atomic mass is 32.2. The van der Waals surface area contributed by atoms with Crippen molar-refractivity contribution in [3.05, 3.63) is 158 Å². The molecule has 0 radical (unpaired) electrons. The second-order valence-corrected chi connectivity index (χ2v) is 34.1. The Labute approximate surface area is 569 Å². The second-order valence-electron chi connectivity index (χ2n) is 27.7. The fraction of sp³-hybridized carbons (Fsp3) is 0.451. The SMILES string of the molecule is CCOc1cccc(-n2c(=O)n(C(C)C)c3cc(C(=O)CC4(C)CS(=O)(=O)C4)cnc32)c1.CCOc1cccc(-n2c(=O)n(C(C)C)c3cc(C(=O)C[C@@]4(C)CCS(=O)(=O)C4)cnc32)c1.CCOc1cccc(-n2c(=O)n(C(C)C)c3cc(C(=O)C[C@]4(C)CCS(=O)(=O)C4)cnc32)c1. The molecule has 6 aromatic heterocycles. The first-order valence-corrected chi connectivity index (χ1v) is 38.4. The van der Waals surface area contributed by atoms with Gasteiger partial charge >= 0.3 is 17.1 Å². The van der Waals surface area contributed by atoms with Crippen molar-refractivity contribution in [1.29, 1.82) is 0 Å². The van der Waals surface area contributed by atoms with Crippen LogP contribution in [0.3, 0.4) is 0 Å². The normalized spacial score (nSPS) is 18.9. The van der Waals surface area contributed by atoms with Gasteiger partial charge in [-0.1, -0.05) is 39.0 Å². The third-order valence-corrected chi connectivity index (χ3v) is 24.1. The molecule has 3 aliphatic heterocycles. The van der Waals surface area contributed by atoms with E-state index in [-0.39, 0.29) is 106 Å². The lowest BCUT2D eigenvalue weighted by atomic mass is 9.83. The summed E-state index contributed by atoms with van der Waals surface area (Å²) < 4.78 is 97.0. The number of ether oxygens (including phenoxy) is 3. The van der Waals surface area contributed by atoms with Crippen LogP contribution in [0.1, 0.15) is 164 Å². The molecule has 0 N–H and O–H groups in total. The maximum Gasteiger partial charge on any atom is 0.335 e. The Balaban J connectivity index is 0.000000159. The summed E-state index contributed by atoms with van der Waals surface area (Å²) in [7, 11) is -9.24. The van der Waals surface area contributed by atoms with Crippen molar-refractivity contribution in [3.8, 4) is 34.3 Å². The van der Waals surface area contributed by atoms with Gasteiger partial charge in [-0.3, -0.25) is 28.1 Å². The molecule has 24 nitrogen and oxygen atoms in total. The third kappa shape index (κ3) is 15.2. The number of pyridine rings is 3. The highest BCUT2D eigenvalue weighted by Gasteiger charge is 2.46. The van der Waals surface area contributed by atoms with Crippen molar-refractivity contribution in [3.63, 3.8) is 0 Å². The van der Waals surface area contributed by atoms with E-state index in [1.54, 1.807) is 50.1 Å². The number of imidazole rings is 3. The molecular weight excluding hydrogens is 1320 g/mol. The zero-order valence-electron chi connectivity index (χ0n) is 57.4. The Morgan fingerprint density at radius 2 is 0.704 bits per heavy atom. The van der Waals surface area contributed by atoms with Crippen LogP contribution in [0.2, 0.25) is 0 Å². The minimum absolute atomic E-state index is 0.0185. The molecule has 3 aliphatic rings. The predicted octanol–water partition coefficient (Wildman–Crippen LogP) is 10.3. The third-order valence-electron chi connectivity index (χ3n) is 17.9. The van der Waals surface area contributed by atoms with Gasteiger partial charge in [-0.05, 0) is 141 Å². The number of sulfone groups is 3. The van der Waals surface area contributed by atoms with Crippen molar-refractivity contribution >= 4 is 80.4 Å². The second kappa shape index (κ2) is 27.8. The van der Waals surface area contributed by atoms with Crippen molar-refractivity contribution in [2.24, 2.45) is 16.2 Å². The van der Waals surface area contributed by atoms with E-state index in [1.807, 2.05) is 138 Å². The Bertz CT molecular complexity index is 4930. The van der Waals surface area contributed by atoms with Crippen LogP contribution in [-0.2, 0) is 29.5 Å². The van der Waals surface area contributed by atoms with Crippen LogP contribution >= 0.6 is 0 Å². The van der Waals surface area contributed by atoms with Gasteiger partial charge in [0, 0.05) is 96.3 Å². The molecule has 522 valence electrons. The molecule has 9 aromatic rings. The van der Waals surface area contributed by atoms with Gasteiger partial charge in [-0.25, -0.2) is 68.3 Å². The maximum absolute atomic E-state index is 13.4. The molecular formula is C71H85N9O15S3. The number of ketones is 3. The van der Waals surface area contributed by atoms with Gasteiger partial charge in [0.2, 0.25) is 0 Å². The predicted molar refractivity (Wildman–Crippen MR) is 377 cm³/mol. The first kappa shape index (κ1) is 71.9. The topological polar surface area (TPSA) is 301 Å². The van der Waals surface area contributed by atoms with Crippen LogP contribution in [0, 0.1) is 16.2 Å². The van der Waals surface area contributed by atoms with Gasteiger partial charge in [-0.2, -0.15) is 0 Å². The van der Waals surface area contributed by atoms with E-state index in [1.165, 1.54) is 32.3 Å². The quantitative estimate of drug-likeness (QED) is 0.0604. The number of carbonyl (C=O) groups is 3. The number of carbonyl (C=O) groups excluding carboxylic acids is 3. The Morgan fingerprint density at radius 3 is 0.949 bits per heavy atom. The van der Waals surface area contributed by atoms with E-state index in [0.29, 0.717) is 117 Å². The van der Waals surface area contributed by atoms with E-state index >= 15 is 0 Å². The number of aromatic nitrogens is 9. The molecule has 0 amide bonds. The Kier molecular flexibility index (Phi) is 20.4. The summed E-state index contributed by atoms with van der Waals surface area (Å²) in [6, 6.07) is 26.4. The van der Waals surface area contributed by atoms with Crippen LogP contribution in [0.25, 0.3) is 50.6 Å². The molecule has 0 spiro atoms. The number of hydrogen-bond acceptors (Lipinski definition) is 18. The van der Waals surface area contributed by atoms with Gasteiger partial charge in [0.25, 0.3) is 0 Å². The summed E-state index contributed by atoms with van der Waals surface area (Å²) >= 11 is 0. The molecule has 3 aromatic carbocycles. The van der Waals surface area contributed by atoms with Gasteiger partial charge in [-0.15, -0.1) is 0 Å². The highest BCUT2D eigenvalue weighted by molar-refractivity contribution is 7.93. The summed E-state index contributed by atoms with van der Waals surface area (Å²) in [4.78, 5) is 92.6. The van der Waals surface area contributed by atoms with E-state index < -0.39 is 45.8 Å². The zero-order valence-corrected chi connectivity index (χ0v) is 59.8. The van der Waals surface area contributed by atoms with Crippen LogP contribution in [0.4, 0.5) is 0 Å². The molecule has 0 saturated carbocycles. The van der Waals surface area contributed by atoms with Crippen LogP contribution < -0.4 is 31.3 Å². The van der Waals surface area contributed by atoms with E-state index in [0.717, 1.165) is 0 Å². The van der Waals surface area contributed by atoms with E-state index in [2.05, 4.69) is 15.0 Å². The summed E-state index contributed by atoms with van der Waals surface area (Å²) in [5.74, 6) is 1.75. The fourth-order valence-electron chi connectivity index (χ4n) is 13.6. The van der Waals surface area contributed by atoms with Crippen LogP contribution in [0.5, 0.6) is 17.2 Å². The molecule has 0 aliphatic carbocycles. The summed E-state index contributed by atoms with van der Waals surface area (Å²) in [5, 5.41) is 0. The van der Waals surface area contributed by atoms with Crippen molar-refractivity contribution in [1.82, 2.24) is 42.4 Å². The number of Topliss-reactive ketones (excluding diaryl/α,β-unsaturated/α-hetero) is 3. The molecule has 0 bridgehead atoms.